The number of fused-ring (bicyclic) bond motifs is 2. The predicted molar refractivity (Wildman–Crippen MR) is 117 cm³/mol. The van der Waals surface area contributed by atoms with Crippen LogP contribution in [0.5, 0.6) is 0 Å². The Morgan fingerprint density at radius 3 is 2.50 bits per heavy atom. The first-order valence-corrected chi connectivity index (χ1v) is 10.1. The molecule has 170 valence electrons. The van der Waals surface area contributed by atoms with Crippen LogP contribution in [0, 0.1) is 20.8 Å². The number of rotatable bonds is 8. The quantitative estimate of drug-likeness (QED) is 0.305. The van der Waals surface area contributed by atoms with Crippen molar-refractivity contribution in [3.63, 3.8) is 0 Å². The van der Waals surface area contributed by atoms with Crippen LogP contribution in [-0.4, -0.2) is 35.6 Å². The summed E-state index contributed by atoms with van der Waals surface area (Å²) in [6, 6.07) is -0.0138. The topological polar surface area (TPSA) is 165 Å². The number of aliphatic carboxylic acids is 1. The summed E-state index contributed by atoms with van der Waals surface area (Å²) < 4.78 is 11.1. The van der Waals surface area contributed by atoms with Gasteiger partial charge in [-0.1, -0.05) is 0 Å². The van der Waals surface area contributed by atoms with Crippen molar-refractivity contribution in [2.45, 2.75) is 46.1 Å². The number of aryl methyl sites for hydroxylation is 3. The van der Waals surface area contributed by atoms with Crippen LogP contribution >= 0.6 is 0 Å². The van der Waals surface area contributed by atoms with E-state index in [4.69, 9.17) is 14.6 Å². The Bertz CT molecular complexity index is 1270. The van der Waals surface area contributed by atoms with Gasteiger partial charge in [0.05, 0.1) is 18.2 Å². The minimum absolute atomic E-state index is 0.0869. The molecule has 0 saturated heterocycles. The van der Waals surface area contributed by atoms with Crippen LogP contribution in [0.2, 0.25) is 0 Å². The zero-order chi connectivity index (χ0) is 23.6. The molecule has 0 radical (unpaired) electrons. The molecule has 0 spiro atoms. The van der Waals surface area contributed by atoms with E-state index >= 15 is 0 Å². The number of hydrogen-bond acceptors (Lipinski definition) is 6. The minimum Gasteiger partial charge on any atom is -0.480 e. The van der Waals surface area contributed by atoms with Gasteiger partial charge in [0.15, 0.2) is 0 Å². The molecular formula is C22H25N3O7. The molecule has 0 aliphatic heterocycles. The second-order valence-corrected chi connectivity index (χ2v) is 7.74. The summed E-state index contributed by atoms with van der Waals surface area (Å²) in [5.74, 6) is -1.83. The van der Waals surface area contributed by atoms with Gasteiger partial charge in [-0.2, -0.15) is 0 Å². The first-order valence-electron chi connectivity index (χ1n) is 10.1. The number of carbonyl (C=O) groups excluding carboxylic acids is 2. The average molecular weight is 443 g/mol. The Morgan fingerprint density at radius 2 is 1.84 bits per heavy atom. The van der Waals surface area contributed by atoms with Gasteiger partial charge in [0.1, 0.15) is 17.2 Å². The van der Waals surface area contributed by atoms with Crippen LogP contribution in [-0.2, 0) is 16.0 Å². The third kappa shape index (κ3) is 4.58. The number of hydrogen-bond donors (Lipinski definition) is 4. The molecule has 0 bridgehead atoms. The number of carboxylic acids is 1. The molecule has 0 fully saturated rings. The molecule has 2 heterocycles. The van der Waals surface area contributed by atoms with E-state index in [-0.39, 0.29) is 24.9 Å². The smallest absolute Gasteiger partial charge is 0.340 e. The molecule has 0 saturated carbocycles. The standard InChI is InChI=1S/C22H25N3O7/c1-10-9-31-18-12(3)19-14(7-13(10)18)11(2)15(21(29)32-19)8-17(26)25-16(20(27)28)5-4-6-24-22(23)30/h7,9,16H,4-6,8H2,1-3H3,(H,25,26)(H,27,28)(H3,23,24,30). The van der Waals surface area contributed by atoms with Crippen LogP contribution in [0.1, 0.15) is 35.1 Å². The lowest BCUT2D eigenvalue weighted by Crippen LogP contribution is -2.42. The Balaban J connectivity index is 1.84. The molecule has 1 aromatic carbocycles. The van der Waals surface area contributed by atoms with Gasteiger partial charge in [0, 0.05) is 22.9 Å². The molecule has 3 amide bonds. The van der Waals surface area contributed by atoms with Crippen LogP contribution in [0.3, 0.4) is 0 Å². The molecule has 0 aliphatic carbocycles. The molecule has 2 aromatic heterocycles. The molecule has 3 aromatic rings. The van der Waals surface area contributed by atoms with Gasteiger partial charge >= 0.3 is 17.6 Å². The normalized spacial score (nSPS) is 12.1. The number of nitrogens with two attached hydrogens (primary N) is 1. The number of primary amides is 1. The fraction of sp³-hybridized carbons (Fsp3) is 0.364. The van der Waals surface area contributed by atoms with Gasteiger partial charge in [-0.15, -0.1) is 0 Å². The fourth-order valence-corrected chi connectivity index (χ4v) is 3.70. The lowest BCUT2D eigenvalue weighted by atomic mass is 9.99. The summed E-state index contributed by atoms with van der Waals surface area (Å²) in [6.45, 7) is 5.62. The summed E-state index contributed by atoms with van der Waals surface area (Å²) in [5, 5.41) is 15.7. The molecule has 3 rings (SSSR count). The largest absolute Gasteiger partial charge is 0.480 e. The van der Waals surface area contributed by atoms with Crippen molar-refractivity contribution in [2.24, 2.45) is 5.73 Å². The van der Waals surface area contributed by atoms with Gasteiger partial charge in [-0.25, -0.2) is 14.4 Å². The number of amides is 3. The lowest BCUT2D eigenvalue weighted by Gasteiger charge is -2.15. The second kappa shape index (κ2) is 9.13. The van der Waals surface area contributed by atoms with Crippen molar-refractivity contribution in [1.82, 2.24) is 10.6 Å². The Labute approximate surface area is 182 Å². The molecule has 5 N–H and O–H groups in total. The maximum Gasteiger partial charge on any atom is 0.340 e. The highest BCUT2D eigenvalue weighted by molar-refractivity contribution is 6.00. The van der Waals surface area contributed by atoms with Crippen LogP contribution in [0.15, 0.2) is 26.0 Å². The molecule has 1 unspecified atom stereocenters. The van der Waals surface area contributed by atoms with E-state index in [1.165, 1.54) is 0 Å². The van der Waals surface area contributed by atoms with E-state index in [0.29, 0.717) is 34.1 Å². The summed E-state index contributed by atoms with van der Waals surface area (Å²) in [5.41, 5.74) is 7.72. The Kier molecular flexibility index (Phi) is 6.52. The van der Waals surface area contributed by atoms with Crippen molar-refractivity contribution >= 4 is 39.8 Å². The number of benzene rings is 1. The lowest BCUT2D eigenvalue weighted by molar-refractivity contribution is -0.141. The van der Waals surface area contributed by atoms with Gasteiger partial charge in [0.25, 0.3) is 0 Å². The third-order valence-corrected chi connectivity index (χ3v) is 5.47. The van der Waals surface area contributed by atoms with Gasteiger partial charge in [-0.05, 0) is 50.8 Å². The van der Waals surface area contributed by atoms with Crippen molar-refractivity contribution in [3.05, 3.63) is 45.0 Å². The van der Waals surface area contributed by atoms with Crippen molar-refractivity contribution in [3.8, 4) is 0 Å². The molecular weight excluding hydrogens is 418 g/mol. The van der Waals surface area contributed by atoms with Crippen molar-refractivity contribution < 1.29 is 28.3 Å². The molecule has 10 nitrogen and oxygen atoms in total. The van der Waals surface area contributed by atoms with E-state index in [9.17, 15) is 24.3 Å². The maximum atomic E-state index is 12.6. The van der Waals surface area contributed by atoms with Crippen LogP contribution in [0.25, 0.3) is 21.9 Å². The van der Waals surface area contributed by atoms with E-state index in [1.807, 2.05) is 13.0 Å². The SMILES string of the molecule is Cc1coc2c(C)c3oc(=O)c(CC(=O)NC(CCCNC(N)=O)C(=O)O)c(C)c3cc12. The number of carboxylic acid groups (broad SMARTS) is 1. The van der Waals surface area contributed by atoms with Gasteiger partial charge in [0.2, 0.25) is 5.91 Å². The van der Waals surface area contributed by atoms with Crippen molar-refractivity contribution in [2.75, 3.05) is 6.54 Å². The number of carbonyl (C=O) groups is 3. The molecule has 10 heteroatoms. The highest BCUT2D eigenvalue weighted by atomic mass is 16.4. The van der Waals surface area contributed by atoms with Gasteiger partial charge < -0.3 is 30.3 Å². The predicted octanol–water partition coefficient (Wildman–Crippen LogP) is 2.02. The Morgan fingerprint density at radius 1 is 1.12 bits per heavy atom. The Hall–Kier alpha value is -3.82. The number of urea groups is 1. The summed E-state index contributed by atoms with van der Waals surface area (Å²) >= 11 is 0. The fourth-order valence-electron chi connectivity index (χ4n) is 3.70. The van der Waals surface area contributed by atoms with E-state index in [0.717, 1.165) is 10.9 Å². The number of nitrogens with one attached hydrogen (secondary N) is 2. The van der Waals surface area contributed by atoms with Crippen molar-refractivity contribution in [1.29, 1.82) is 0 Å². The third-order valence-electron chi connectivity index (χ3n) is 5.47. The molecule has 1 atom stereocenters. The summed E-state index contributed by atoms with van der Waals surface area (Å²) in [4.78, 5) is 47.3. The van der Waals surface area contributed by atoms with E-state index in [2.05, 4.69) is 10.6 Å². The zero-order valence-corrected chi connectivity index (χ0v) is 18.0. The monoisotopic (exact) mass is 443 g/mol. The van der Waals surface area contributed by atoms with E-state index < -0.39 is 29.6 Å². The van der Waals surface area contributed by atoms with E-state index in [1.54, 1.807) is 20.1 Å². The maximum absolute atomic E-state index is 12.6. The minimum atomic E-state index is -1.21. The zero-order valence-electron chi connectivity index (χ0n) is 18.0. The highest BCUT2D eigenvalue weighted by Crippen LogP contribution is 2.32. The van der Waals surface area contributed by atoms with Crippen LogP contribution in [0.4, 0.5) is 4.79 Å². The summed E-state index contributed by atoms with van der Waals surface area (Å²) in [7, 11) is 0. The molecule has 32 heavy (non-hydrogen) atoms. The highest BCUT2D eigenvalue weighted by Gasteiger charge is 2.23. The second-order valence-electron chi connectivity index (χ2n) is 7.74. The van der Waals surface area contributed by atoms with Gasteiger partial charge in [-0.3, -0.25) is 4.79 Å². The first-order chi connectivity index (χ1) is 15.1. The number of furan rings is 1. The van der Waals surface area contributed by atoms with Crippen LogP contribution < -0.4 is 22.0 Å². The summed E-state index contributed by atoms with van der Waals surface area (Å²) in [6.07, 6.45) is 1.69. The average Bonchev–Trinajstić information content (AvgIpc) is 3.09. The molecule has 0 aliphatic rings. The first kappa shape index (κ1) is 22.9.